The number of benzene rings is 2. The highest BCUT2D eigenvalue weighted by Crippen LogP contribution is 2.40. The Kier molecular flexibility index (Phi) is 8.73. The summed E-state index contributed by atoms with van der Waals surface area (Å²) < 4.78 is 5.03. The lowest BCUT2D eigenvalue weighted by atomic mass is 9.78. The summed E-state index contributed by atoms with van der Waals surface area (Å²) in [5.41, 5.74) is 1.23. The summed E-state index contributed by atoms with van der Waals surface area (Å²) in [5.74, 6) is -0.329. The highest BCUT2D eigenvalue weighted by Gasteiger charge is 2.43. The van der Waals surface area contributed by atoms with Crippen LogP contribution in [0.1, 0.15) is 34.7 Å². The molecule has 0 spiro atoms. The van der Waals surface area contributed by atoms with Gasteiger partial charge in [0.2, 0.25) is 5.91 Å². The molecule has 2 heterocycles. The number of carbonyl (C=O) groups is 1. The van der Waals surface area contributed by atoms with Gasteiger partial charge >= 0.3 is 0 Å². The van der Waals surface area contributed by atoms with E-state index >= 15 is 0 Å². The highest BCUT2D eigenvalue weighted by atomic mass is 16.5. The number of hydrogen-bond donors (Lipinski definition) is 2. The number of methoxy groups -OCH3 is 1. The average Bonchev–Trinajstić information content (AvgIpc) is 2.97. The van der Waals surface area contributed by atoms with Gasteiger partial charge < -0.3 is 15.2 Å². The van der Waals surface area contributed by atoms with E-state index in [0.29, 0.717) is 24.0 Å². The predicted octanol–water partition coefficient (Wildman–Crippen LogP) is 4.25. The number of amides is 1. The van der Waals surface area contributed by atoms with Crippen molar-refractivity contribution in [3.05, 3.63) is 132 Å². The van der Waals surface area contributed by atoms with Gasteiger partial charge in [-0.05, 0) is 36.1 Å². The van der Waals surface area contributed by atoms with E-state index in [4.69, 9.17) is 4.74 Å². The van der Waals surface area contributed by atoms with Crippen molar-refractivity contribution >= 4 is 12.3 Å². The van der Waals surface area contributed by atoms with Crippen molar-refractivity contribution < 1.29 is 14.6 Å². The van der Waals surface area contributed by atoms with E-state index in [9.17, 15) is 9.90 Å². The molecule has 7 nitrogen and oxygen atoms in total. The number of aliphatic hydroxyl groups is 1. The topological polar surface area (TPSA) is 96.7 Å². The van der Waals surface area contributed by atoms with Crippen LogP contribution in [0.2, 0.25) is 0 Å². The molecule has 0 aliphatic carbocycles. The highest BCUT2D eigenvalue weighted by molar-refractivity contribution is 5.83. The minimum Gasteiger partial charge on any atom is -0.487 e. The molecule has 7 heteroatoms. The fourth-order valence-electron chi connectivity index (χ4n) is 4.35. The van der Waals surface area contributed by atoms with Crippen molar-refractivity contribution in [2.45, 2.75) is 30.5 Å². The molecule has 2 atom stereocenters. The zero-order valence-corrected chi connectivity index (χ0v) is 20.6. The van der Waals surface area contributed by atoms with Crippen LogP contribution in [0.3, 0.4) is 0 Å². The van der Waals surface area contributed by atoms with Gasteiger partial charge in [0.25, 0.3) is 0 Å². The second-order valence-corrected chi connectivity index (χ2v) is 8.63. The van der Waals surface area contributed by atoms with Crippen molar-refractivity contribution in [2.75, 3.05) is 7.11 Å². The standard InChI is InChI=1S/C30H30N4O3/c1-37-22-33-27(17-16-23-10-4-2-5-11-23)29(35)34-28(24-12-6-3-7-13-24)30(36,25-14-8-18-31-20-25)26-15-9-19-32-21-26/h2-15,18-22,27-28,36H,16-17H2,1H3,(H,34,35)/t27-,28+/m0/s1. The van der Waals surface area contributed by atoms with Crippen LogP contribution in [0, 0.1) is 0 Å². The zero-order chi connectivity index (χ0) is 25.9. The predicted molar refractivity (Wildman–Crippen MR) is 143 cm³/mol. The van der Waals surface area contributed by atoms with E-state index in [2.05, 4.69) is 20.3 Å². The summed E-state index contributed by atoms with van der Waals surface area (Å²) in [6, 6.07) is 24.8. The minimum atomic E-state index is -1.66. The number of hydrogen-bond acceptors (Lipinski definition) is 6. The van der Waals surface area contributed by atoms with E-state index < -0.39 is 17.7 Å². The third-order valence-corrected chi connectivity index (χ3v) is 6.24. The van der Waals surface area contributed by atoms with E-state index in [1.807, 2.05) is 60.7 Å². The van der Waals surface area contributed by atoms with Gasteiger partial charge in [0.15, 0.2) is 6.40 Å². The normalized spacial score (nSPS) is 13.1. The summed E-state index contributed by atoms with van der Waals surface area (Å²) in [7, 11) is 1.49. The van der Waals surface area contributed by atoms with Crippen molar-refractivity contribution in [2.24, 2.45) is 4.99 Å². The molecule has 4 rings (SSSR count). The molecule has 37 heavy (non-hydrogen) atoms. The third kappa shape index (κ3) is 6.26. The molecule has 0 aliphatic heterocycles. The van der Waals surface area contributed by atoms with E-state index in [0.717, 1.165) is 11.1 Å². The molecule has 2 aromatic heterocycles. The second kappa shape index (κ2) is 12.6. The number of nitrogens with zero attached hydrogens (tertiary/aromatic N) is 3. The fraction of sp³-hybridized carbons (Fsp3) is 0.200. The van der Waals surface area contributed by atoms with Crippen LogP contribution >= 0.6 is 0 Å². The van der Waals surface area contributed by atoms with E-state index in [1.54, 1.807) is 49.1 Å². The summed E-state index contributed by atoms with van der Waals surface area (Å²) in [4.78, 5) is 26.6. The van der Waals surface area contributed by atoms with Crippen LogP contribution < -0.4 is 5.32 Å². The van der Waals surface area contributed by atoms with Crippen LogP contribution in [0.15, 0.2) is 115 Å². The lowest BCUT2D eigenvalue weighted by molar-refractivity contribution is -0.125. The fourth-order valence-corrected chi connectivity index (χ4v) is 4.35. The molecular weight excluding hydrogens is 464 g/mol. The summed E-state index contributed by atoms with van der Waals surface area (Å²) in [6.45, 7) is 0. The Bertz CT molecular complexity index is 1230. The Morgan fingerprint density at radius 2 is 1.54 bits per heavy atom. The first kappa shape index (κ1) is 25.7. The van der Waals surface area contributed by atoms with Gasteiger partial charge in [0, 0.05) is 35.9 Å². The van der Waals surface area contributed by atoms with Gasteiger partial charge in [0.1, 0.15) is 11.6 Å². The molecule has 0 bridgehead atoms. The lowest BCUT2D eigenvalue weighted by Gasteiger charge is -2.38. The molecule has 0 unspecified atom stereocenters. The maximum Gasteiger partial charge on any atom is 0.245 e. The third-order valence-electron chi connectivity index (χ3n) is 6.24. The number of rotatable bonds is 11. The Balaban J connectivity index is 1.73. The first-order chi connectivity index (χ1) is 18.1. The summed E-state index contributed by atoms with van der Waals surface area (Å²) in [6.07, 6.45) is 8.89. The molecule has 0 saturated heterocycles. The van der Waals surface area contributed by atoms with Crippen LogP contribution in [-0.2, 0) is 21.6 Å². The van der Waals surface area contributed by atoms with Crippen LogP contribution in [-0.4, -0.2) is 40.5 Å². The van der Waals surface area contributed by atoms with Crippen LogP contribution in [0.25, 0.3) is 0 Å². The van der Waals surface area contributed by atoms with Gasteiger partial charge in [-0.1, -0.05) is 72.8 Å². The number of aromatic nitrogens is 2. The minimum absolute atomic E-state index is 0.329. The maximum atomic E-state index is 13.7. The second-order valence-electron chi connectivity index (χ2n) is 8.63. The Morgan fingerprint density at radius 3 is 2.08 bits per heavy atom. The van der Waals surface area contributed by atoms with Gasteiger partial charge in [-0.25, -0.2) is 4.99 Å². The van der Waals surface area contributed by atoms with Crippen molar-refractivity contribution in [1.29, 1.82) is 0 Å². The lowest BCUT2D eigenvalue weighted by Crippen LogP contribution is -2.47. The zero-order valence-electron chi connectivity index (χ0n) is 20.6. The number of nitrogens with one attached hydrogen (secondary N) is 1. The molecule has 0 radical (unpaired) electrons. The number of aryl methyl sites for hydroxylation is 1. The Labute approximate surface area is 216 Å². The number of aliphatic imine (C=N–C) groups is 1. The van der Waals surface area contributed by atoms with Gasteiger partial charge in [0.05, 0.1) is 13.2 Å². The maximum absolute atomic E-state index is 13.7. The summed E-state index contributed by atoms with van der Waals surface area (Å²) in [5, 5.41) is 15.5. The molecule has 188 valence electrons. The quantitative estimate of drug-likeness (QED) is 0.240. The Morgan fingerprint density at radius 1 is 0.946 bits per heavy atom. The van der Waals surface area contributed by atoms with Crippen LogP contribution in [0.5, 0.6) is 0 Å². The smallest absolute Gasteiger partial charge is 0.245 e. The van der Waals surface area contributed by atoms with E-state index in [1.165, 1.54) is 13.5 Å². The van der Waals surface area contributed by atoms with Crippen molar-refractivity contribution in [3.63, 3.8) is 0 Å². The van der Waals surface area contributed by atoms with Crippen molar-refractivity contribution in [1.82, 2.24) is 15.3 Å². The SMILES string of the molecule is COC=N[C@@H](CCc1ccccc1)C(=O)N[C@H](c1ccccc1)C(O)(c1cccnc1)c1cccnc1. The molecule has 2 N–H and O–H groups in total. The molecule has 0 fully saturated rings. The number of pyridine rings is 2. The first-order valence-corrected chi connectivity index (χ1v) is 12.1. The first-order valence-electron chi connectivity index (χ1n) is 12.1. The molecule has 1 amide bonds. The molecule has 4 aromatic rings. The van der Waals surface area contributed by atoms with Gasteiger partial charge in [-0.15, -0.1) is 0 Å². The Hall–Kier alpha value is -4.36. The average molecular weight is 495 g/mol. The van der Waals surface area contributed by atoms with Gasteiger partial charge in [-0.2, -0.15) is 0 Å². The van der Waals surface area contributed by atoms with Gasteiger partial charge in [-0.3, -0.25) is 14.8 Å². The number of carbonyl (C=O) groups excluding carboxylic acids is 1. The monoisotopic (exact) mass is 494 g/mol. The molecule has 2 aromatic carbocycles. The van der Waals surface area contributed by atoms with Crippen molar-refractivity contribution in [3.8, 4) is 0 Å². The molecule has 0 aliphatic rings. The van der Waals surface area contributed by atoms with E-state index in [-0.39, 0.29) is 5.91 Å². The largest absolute Gasteiger partial charge is 0.487 e. The molecular formula is C30H30N4O3. The van der Waals surface area contributed by atoms with Crippen LogP contribution in [0.4, 0.5) is 0 Å². The number of ether oxygens (including phenoxy) is 1. The molecule has 0 saturated carbocycles. The summed E-state index contributed by atoms with van der Waals surface area (Å²) >= 11 is 0.